The van der Waals surface area contributed by atoms with Gasteiger partial charge in [-0.3, -0.25) is 0 Å². The van der Waals surface area contributed by atoms with Crippen LogP contribution in [-0.2, 0) is 0 Å². The molecule has 0 aliphatic carbocycles. The zero-order valence-electron chi connectivity index (χ0n) is 5.79. The molecular formula is C6H11N3O. The number of hydrogen-bond donors (Lipinski definition) is 1. The van der Waals surface area contributed by atoms with Gasteiger partial charge in [0.15, 0.2) is 0 Å². The maximum atomic E-state index is 4.22. The molecule has 10 heavy (non-hydrogen) atoms. The molecule has 0 aromatic carbocycles. The summed E-state index contributed by atoms with van der Waals surface area (Å²) in [6.07, 6.45) is 5.65. The predicted octanol–water partition coefficient (Wildman–Crippen LogP) is 0.439. The number of nitrogens with one attached hydrogen (secondary N) is 1. The first-order chi connectivity index (χ1) is 5.00. The van der Waals surface area contributed by atoms with Crippen molar-refractivity contribution in [1.29, 1.82) is 0 Å². The predicted molar refractivity (Wildman–Crippen MR) is 36.4 cm³/mol. The van der Waals surface area contributed by atoms with Gasteiger partial charge in [0.25, 0.3) is 0 Å². The van der Waals surface area contributed by atoms with E-state index in [1.54, 1.807) is 0 Å². The zero-order chi connectivity index (χ0) is 7.07. The number of hydrogen-bond acceptors (Lipinski definition) is 4. The fourth-order valence-corrected chi connectivity index (χ4v) is 0.761. The van der Waals surface area contributed by atoms with Gasteiger partial charge in [-0.05, 0) is 25.9 Å². The molecule has 1 N–H and O–H groups in total. The molecule has 4 nitrogen and oxygen atoms in total. The fraction of sp³-hybridized carbons (Fsp3) is 0.667. The molecule has 0 bridgehead atoms. The Labute approximate surface area is 59.6 Å². The molecule has 2 heterocycles. The molecule has 56 valence electrons. The van der Waals surface area contributed by atoms with Crippen LogP contribution in [0.4, 0.5) is 0 Å². The molecule has 1 aromatic heterocycles. The normalized spacial score (nSPS) is 16.0. The molecule has 1 fully saturated rings. The Morgan fingerprint density at radius 2 is 2.10 bits per heavy atom. The molecule has 1 aliphatic heterocycles. The van der Waals surface area contributed by atoms with Crippen molar-refractivity contribution in [3.63, 3.8) is 0 Å². The van der Waals surface area contributed by atoms with Gasteiger partial charge in [-0.15, -0.1) is 5.10 Å². The van der Waals surface area contributed by atoms with Gasteiger partial charge in [-0.2, -0.15) is 0 Å². The highest BCUT2D eigenvalue weighted by molar-refractivity contribution is 4.55. The van der Waals surface area contributed by atoms with E-state index in [4.69, 9.17) is 0 Å². The Hall–Kier alpha value is -0.900. The van der Waals surface area contributed by atoms with Crippen molar-refractivity contribution < 1.29 is 4.52 Å². The van der Waals surface area contributed by atoms with Crippen molar-refractivity contribution in [3.05, 3.63) is 12.5 Å². The molecular weight excluding hydrogens is 130 g/mol. The third-order valence-corrected chi connectivity index (χ3v) is 1.24. The van der Waals surface area contributed by atoms with Gasteiger partial charge in [0, 0.05) is 5.27 Å². The zero-order valence-corrected chi connectivity index (χ0v) is 5.79. The molecule has 0 radical (unpaired) electrons. The molecule has 1 aromatic rings. The van der Waals surface area contributed by atoms with E-state index in [0.717, 1.165) is 0 Å². The maximum absolute atomic E-state index is 4.22. The van der Waals surface area contributed by atoms with E-state index >= 15 is 0 Å². The summed E-state index contributed by atoms with van der Waals surface area (Å²) in [5, 5.41) is 9.62. The van der Waals surface area contributed by atoms with Crippen LogP contribution in [0.15, 0.2) is 17.0 Å². The van der Waals surface area contributed by atoms with Crippen molar-refractivity contribution in [1.82, 2.24) is 15.7 Å². The molecule has 0 unspecified atom stereocenters. The molecule has 0 amide bonds. The second-order valence-electron chi connectivity index (χ2n) is 2.04. The van der Waals surface area contributed by atoms with E-state index in [0.29, 0.717) is 0 Å². The number of rotatable bonds is 0. The van der Waals surface area contributed by atoms with Crippen LogP contribution in [0.25, 0.3) is 0 Å². The first-order valence-corrected chi connectivity index (χ1v) is 3.42. The molecule has 2 rings (SSSR count). The minimum Gasteiger partial charge on any atom is -0.346 e. The van der Waals surface area contributed by atoms with Gasteiger partial charge in [-0.25, -0.2) is 0 Å². The SMILES string of the molecule is C1CCNC1.c1conn1. The summed E-state index contributed by atoms with van der Waals surface area (Å²) < 4.78 is 4.22. The molecule has 0 atom stereocenters. The summed E-state index contributed by atoms with van der Waals surface area (Å²) in [6.45, 7) is 2.50. The molecule has 4 heteroatoms. The molecule has 1 aliphatic rings. The van der Waals surface area contributed by atoms with Crippen molar-refractivity contribution in [3.8, 4) is 0 Å². The highest BCUT2D eigenvalue weighted by atomic mass is 16.5. The molecule has 0 saturated carbocycles. The van der Waals surface area contributed by atoms with Gasteiger partial charge in [0.1, 0.15) is 6.26 Å². The minimum atomic E-state index is 1.25. The van der Waals surface area contributed by atoms with E-state index in [9.17, 15) is 0 Å². The lowest BCUT2D eigenvalue weighted by atomic mass is 10.4. The average Bonchev–Trinajstić information content (AvgIpc) is 2.67. The van der Waals surface area contributed by atoms with Crippen LogP contribution < -0.4 is 5.32 Å². The number of nitrogens with zero attached hydrogens (tertiary/aromatic N) is 2. The van der Waals surface area contributed by atoms with Gasteiger partial charge >= 0.3 is 0 Å². The summed E-state index contributed by atoms with van der Waals surface area (Å²) in [6, 6.07) is 0. The first kappa shape index (κ1) is 7.21. The van der Waals surface area contributed by atoms with Crippen molar-refractivity contribution in [2.24, 2.45) is 0 Å². The van der Waals surface area contributed by atoms with Crippen LogP contribution in [-0.4, -0.2) is 23.5 Å². The van der Waals surface area contributed by atoms with Crippen LogP contribution in [0, 0.1) is 0 Å². The summed E-state index contributed by atoms with van der Waals surface area (Å²) in [5.41, 5.74) is 0. The Bertz CT molecular complexity index is 112. The van der Waals surface area contributed by atoms with Gasteiger partial charge < -0.3 is 9.84 Å². The monoisotopic (exact) mass is 141 g/mol. The summed E-state index contributed by atoms with van der Waals surface area (Å²) in [7, 11) is 0. The van der Waals surface area contributed by atoms with Crippen molar-refractivity contribution in [2.45, 2.75) is 12.8 Å². The minimum absolute atomic E-state index is 1.25. The van der Waals surface area contributed by atoms with E-state index in [2.05, 4.69) is 20.2 Å². The van der Waals surface area contributed by atoms with Crippen LogP contribution in [0.2, 0.25) is 0 Å². The lowest BCUT2D eigenvalue weighted by molar-refractivity contribution is 0.393. The second kappa shape index (κ2) is 4.93. The van der Waals surface area contributed by atoms with Crippen LogP contribution in [0.5, 0.6) is 0 Å². The highest BCUT2D eigenvalue weighted by Crippen LogP contribution is 1.90. The summed E-state index contributed by atoms with van der Waals surface area (Å²) >= 11 is 0. The third-order valence-electron chi connectivity index (χ3n) is 1.24. The lowest BCUT2D eigenvalue weighted by Gasteiger charge is -1.76. The van der Waals surface area contributed by atoms with Crippen LogP contribution >= 0.6 is 0 Å². The van der Waals surface area contributed by atoms with Gasteiger partial charge in [0.05, 0.1) is 6.20 Å². The second-order valence-corrected chi connectivity index (χ2v) is 2.04. The summed E-state index contributed by atoms with van der Waals surface area (Å²) in [5.74, 6) is 0. The Balaban J connectivity index is 0.0000001000. The van der Waals surface area contributed by atoms with E-state index < -0.39 is 0 Å². The Morgan fingerprint density at radius 3 is 2.30 bits per heavy atom. The lowest BCUT2D eigenvalue weighted by Crippen LogP contribution is -2.03. The first-order valence-electron chi connectivity index (χ1n) is 3.42. The largest absolute Gasteiger partial charge is 0.346 e. The maximum Gasteiger partial charge on any atom is 0.144 e. The number of aromatic nitrogens is 2. The smallest absolute Gasteiger partial charge is 0.144 e. The fourth-order valence-electron chi connectivity index (χ4n) is 0.761. The quantitative estimate of drug-likeness (QED) is 0.569. The summed E-state index contributed by atoms with van der Waals surface area (Å²) in [4.78, 5) is 0. The van der Waals surface area contributed by atoms with E-state index in [-0.39, 0.29) is 0 Å². The van der Waals surface area contributed by atoms with Crippen LogP contribution in [0.3, 0.4) is 0 Å². The van der Waals surface area contributed by atoms with Crippen LogP contribution in [0.1, 0.15) is 12.8 Å². The van der Waals surface area contributed by atoms with Crippen molar-refractivity contribution in [2.75, 3.05) is 13.1 Å². The third kappa shape index (κ3) is 3.19. The van der Waals surface area contributed by atoms with Gasteiger partial charge in [0.2, 0.25) is 0 Å². The standard InChI is InChI=1S/C4H9N.C2H2N2O/c1-2-4-5-3-1;1-2-5-4-3-1/h5H,1-4H2;1-2H. The van der Waals surface area contributed by atoms with E-state index in [1.165, 1.54) is 38.4 Å². The van der Waals surface area contributed by atoms with Crippen molar-refractivity contribution >= 4 is 0 Å². The Morgan fingerprint density at radius 1 is 1.30 bits per heavy atom. The van der Waals surface area contributed by atoms with Gasteiger partial charge in [-0.1, -0.05) is 0 Å². The highest BCUT2D eigenvalue weighted by Gasteiger charge is 1.93. The molecule has 0 spiro atoms. The van der Waals surface area contributed by atoms with E-state index in [1.807, 2.05) is 0 Å². The molecule has 1 saturated heterocycles. The topological polar surface area (TPSA) is 51.0 Å². The Kier molecular flexibility index (Phi) is 3.56. The average molecular weight is 141 g/mol.